The van der Waals surface area contributed by atoms with Gasteiger partial charge in [-0.15, -0.1) is 0 Å². The van der Waals surface area contributed by atoms with Gasteiger partial charge in [0, 0.05) is 16.3 Å². The van der Waals surface area contributed by atoms with Crippen LogP contribution >= 0.6 is 11.8 Å². The number of hydrogen-bond acceptors (Lipinski definition) is 4. The Morgan fingerprint density at radius 2 is 1.90 bits per heavy atom. The lowest BCUT2D eigenvalue weighted by atomic mass is 10.2. The predicted octanol–water partition coefficient (Wildman–Crippen LogP) is 3.47. The van der Waals surface area contributed by atoms with Crippen molar-refractivity contribution >= 4 is 11.8 Å². The quantitative estimate of drug-likeness (QED) is 0.937. The van der Waals surface area contributed by atoms with Crippen LogP contribution in [0.5, 0.6) is 11.5 Å². The van der Waals surface area contributed by atoms with E-state index in [0.29, 0.717) is 24.7 Å². The van der Waals surface area contributed by atoms with Crippen molar-refractivity contribution in [2.24, 2.45) is 0 Å². The molecule has 0 aromatic heterocycles. The third-order valence-corrected chi connectivity index (χ3v) is 4.16. The van der Waals surface area contributed by atoms with Gasteiger partial charge in [0.2, 0.25) is 0 Å². The van der Waals surface area contributed by atoms with Crippen molar-refractivity contribution in [1.82, 2.24) is 5.32 Å². The maximum atomic E-state index is 14.1. The van der Waals surface area contributed by atoms with Crippen LogP contribution < -0.4 is 14.8 Å². The van der Waals surface area contributed by atoms with Crippen LogP contribution in [0.15, 0.2) is 46.2 Å². The molecule has 0 bridgehead atoms. The molecule has 0 saturated carbocycles. The highest BCUT2D eigenvalue weighted by Crippen LogP contribution is 2.37. The predicted molar refractivity (Wildman–Crippen MR) is 80.7 cm³/mol. The van der Waals surface area contributed by atoms with Gasteiger partial charge in [0.1, 0.15) is 19.0 Å². The summed E-state index contributed by atoms with van der Waals surface area (Å²) in [5.74, 6) is 1.26. The molecule has 3 nitrogen and oxygen atoms in total. The highest BCUT2D eigenvalue weighted by molar-refractivity contribution is 7.99. The van der Waals surface area contributed by atoms with Crippen molar-refractivity contribution in [3.63, 3.8) is 0 Å². The number of rotatable bonds is 4. The highest BCUT2D eigenvalue weighted by atomic mass is 32.2. The molecule has 5 heteroatoms. The summed E-state index contributed by atoms with van der Waals surface area (Å²) in [7, 11) is 1.84. The Hall–Kier alpha value is -1.72. The number of ether oxygens (including phenoxy) is 2. The molecule has 2 aromatic carbocycles. The molecule has 1 heterocycles. The van der Waals surface area contributed by atoms with E-state index in [0.717, 1.165) is 22.0 Å². The van der Waals surface area contributed by atoms with E-state index in [-0.39, 0.29) is 5.82 Å². The van der Waals surface area contributed by atoms with Crippen LogP contribution in [0.25, 0.3) is 0 Å². The van der Waals surface area contributed by atoms with Crippen molar-refractivity contribution in [3.8, 4) is 11.5 Å². The van der Waals surface area contributed by atoms with Gasteiger partial charge in [-0.25, -0.2) is 4.39 Å². The van der Waals surface area contributed by atoms with Crippen LogP contribution in [0.4, 0.5) is 4.39 Å². The average Bonchev–Trinajstić information content (AvgIpc) is 2.50. The van der Waals surface area contributed by atoms with Crippen LogP contribution in [0.1, 0.15) is 5.56 Å². The summed E-state index contributed by atoms with van der Waals surface area (Å²) in [6.45, 7) is 1.78. The normalized spacial score (nSPS) is 13.2. The summed E-state index contributed by atoms with van der Waals surface area (Å²) in [6, 6.07) is 11.0. The minimum absolute atomic E-state index is 0.206. The Morgan fingerprint density at radius 1 is 1.10 bits per heavy atom. The minimum atomic E-state index is -0.206. The summed E-state index contributed by atoms with van der Waals surface area (Å²) < 4.78 is 25.1. The smallest absolute Gasteiger partial charge is 0.162 e. The summed E-state index contributed by atoms with van der Waals surface area (Å²) in [4.78, 5) is 1.53. The molecule has 21 heavy (non-hydrogen) atoms. The molecule has 110 valence electrons. The lowest BCUT2D eigenvalue weighted by Crippen LogP contribution is -2.15. The second-order valence-corrected chi connectivity index (χ2v) is 5.82. The fraction of sp³-hybridized carbons (Fsp3) is 0.250. The van der Waals surface area contributed by atoms with Crippen LogP contribution in [0.2, 0.25) is 0 Å². The first-order valence-corrected chi connectivity index (χ1v) is 7.58. The first-order valence-electron chi connectivity index (χ1n) is 6.77. The van der Waals surface area contributed by atoms with Gasteiger partial charge in [0.25, 0.3) is 0 Å². The van der Waals surface area contributed by atoms with Crippen LogP contribution in [-0.4, -0.2) is 20.3 Å². The first kappa shape index (κ1) is 14.2. The molecule has 3 rings (SSSR count). The molecule has 1 aliphatic rings. The van der Waals surface area contributed by atoms with E-state index in [1.165, 1.54) is 11.8 Å². The summed E-state index contributed by atoms with van der Waals surface area (Å²) in [5.41, 5.74) is 0.932. The van der Waals surface area contributed by atoms with E-state index in [2.05, 4.69) is 5.32 Å². The molecule has 0 saturated heterocycles. The fourth-order valence-electron chi connectivity index (χ4n) is 2.16. The van der Waals surface area contributed by atoms with Gasteiger partial charge in [0.15, 0.2) is 11.5 Å². The number of nitrogens with one attached hydrogen (secondary N) is 1. The highest BCUT2D eigenvalue weighted by Gasteiger charge is 2.13. The van der Waals surface area contributed by atoms with Crippen LogP contribution in [0, 0.1) is 5.82 Å². The zero-order chi connectivity index (χ0) is 14.7. The Balaban J connectivity index is 1.80. The van der Waals surface area contributed by atoms with Crippen molar-refractivity contribution in [2.45, 2.75) is 16.3 Å². The molecule has 2 aromatic rings. The molecule has 0 unspecified atom stereocenters. The third kappa shape index (κ3) is 3.31. The third-order valence-electron chi connectivity index (χ3n) is 3.12. The second kappa shape index (κ2) is 6.37. The first-order chi connectivity index (χ1) is 10.3. The molecule has 0 fully saturated rings. The second-order valence-electron chi connectivity index (χ2n) is 4.70. The number of hydrogen-bond donors (Lipinski definition) is 1. The van der Waals surface area contributed by atoms with E-state index >= 15 is 0 Å². The standard InChI is InChI=1S/C16H16FNO2S/c1-18-10-11-2-5-16(13(17)8-11)21-12-3-4-14-15(9-12)20-7-6-19-14/h2-5,8-9,18H,6-7,10H2,1H3. The fourth-order valence-corrected chi connectivity index (χ4v) is 3.00. The Kier molecular flexibility index (Phi) is 4.31. The minimum Gasteiger partial charge on any atom is -0.486 e. The molecule has 1 aliphatic heterocycles. The largest absolute Gasteiger partial charge is 0.486 e. The molecular weight excluding hydrogens is 289 g/mol. The lowest BCUT2D eigenvalue weighted by Gasteiger charge is -2.18. The molecule has 0 aliphatic carbocycles. The Morgan fingerprint density at radius 3 is 2.67 bits per heavy atom. The maximum absolute atomic E-state index is 14.1. The average molecular weight is 305 g/mol. The van der Waals surface area contributed by atoms with Crippen molar-refractivity contribution in [1.29, 1.82) is 0 Å². The molecule has 0 spiro atoms. The number of fused-ring (bicyclic) bond motifs is 1. The van der Waals surface area contributed by atoms with Crippen molar-refractivity contribution in [2.75, 3.05) is 20.3 Å². The molecular formula is C16H16FNO2S. The van der Waals surface area contributed by atoms with Gasteiger partial charge >= 0.3 is 0 Å². The number of benzene rings is 2. The van der Waals surface area contributed by atoms with Gasteiger partial charge in [-0.1, -0.05) is 17.8 Å². The Bertz CT molecular complexity index is 648. The van der Waals surface area contributed by atoms with Crippen LogP contribution in [0.3, 0.4) is 0 Å². The van der Waals surface area contributed by atoms with Crippen molar-refractivity contribution in [3.05, 3.63) is 47.8 Å². The van der Waals surface area contributed by atoms with E-state index < -0.39 is 0 Å². The lowest BCUT2D eigenvalue weighted by molar-refractivity contribution is 0.171. The topological polar surface area (TPSA) is 30.5 Å². The molecule has 0 amide bonds. The monoisotopic (exact) mass is 305 g/mol. The summed E-state index contributed by atoms with van der Waals surface area (Å²) in [6.07, 6.45) is 0. The molecule has 0 atom stereocenters. The van der Waals surface area contributed by atoms with E-state index in [9.17, 15) is 4.39 Å². The van der Waals surface area contributed by atoms with Crippen molar-refractivity contribution < 1.29 is 13.9 Å². The zero-order valence-electron chi connectivity index (χ0n) is 11.7. The van der Waals surface area contributed by atoms with E-state index in [1.54, 1.807) is 6.07 Å². The number of halogens is 1. The molecule has 1 N–H and O–H groups in total. The summed E-state index contributed by atoms with van der Waals surface area (Å²) >= 11 is 1.38. The zero-order valence-corrected chi connectivity index (χ0v) is 12.5. The SMILES string of the molecule is CNCc1ccc(Sc2ccc3c(c2)OCCO3)c(F)c1. The van der Waals surface area contributed by atoms with Gasteiger partial charge in [0.05, 0.1) is 0 Å². The van der Waals surface area contributed by atoms with Gasteiger partial charge < -0.3 is 14.8 Å². The van der Waals surface area contributed by atoms with Gasteiger partial charge in [-0.05, 0) is 42.9 Å². The van der Waals surface area contributed by atoms with Crippen LogP contribution in [-0.2, 0) is 6.54 Å². The molecule has 0 radical (unpaired) electrons. The maximum Gasteiger partial charge on any atom is 0.162 e. The van der Waals surface area contributed by atoms with Gasteiger partial charge in [-0.2, -0.15) is 0 Å². The Labute approximate surface area is 127 Å². The van der Waals surface area contributed by atoms with E-state index in [4.69, 9.17) is 9.47 Å². The summed E-state index contributed by atoms with van der Waals surface area (Å²) in [5, 5.41) is 3.01. The van der Waals surface area contributed by atoms with Gasteiger partial charge in [-0.3, -0.25) is 0 Å². The van der Waals surface area contributed by atoms with E-state index in [1.807, 2.05) is 37.4 Å².